The fraction of sp³-hybridized carbons (Fsp3) is 0.406. The number of hydrogen-bond donors (Lipinski definition) is 6. The topological polar surface area (TPSA) is 123 Å². The number of aliphatic hydroxyl groups excluding tert-OH is 2. The Morgan fingerprint density at radius 2 is 1.57 bits per heavy atom. The van der Waals surface area contributed by atoms with Gasteiger partial charge in [0.15, 0.2) is 0 Å². The van der Waals surface area contributed by atoms with E-state index in [4.69, 9.17) is 27.9 Å². The second-order valence-electron chi connectivity index (χ2n) is 10.1. The lowest BCUT2D eigenvalue weighted by Crippen LogP contribution is -2.22. The Morgan fingerprint density at radius 3 is 2.33 bits per heavy atom. The molecule has 8 nitrogen and oxygen atoms in total. The molecule has 42 heavy (non-hydrogen) atoms. The summed E-state index contributed by atoms with van der Waals surface area (Å²) in [6.45, 7) is 2.47. The van der Waals surface area contributed by atoms with E-state index in [0.717, 1.165) is 70.3 Å². The molecule has 0 fully saturated rings. The lowest BCUT2D eigenvalue weighted by molar-refractivity contribution is 0.126. The van der Waals surface area contributed by atoms with Gasteiger partial charge in [0.2, 0.25) is 0 Å². The van der Waals surface area contributed by atoms with Gasteiger partial charge in [0.1, 0.15) is 5.75 Å². The highest BCUT2D eigenvalue weighted by Crippen LogP contribution is 2.30. The number of ether oxygens (including phenoxy) is 1. The predicted octanol–water partition coefficient (Wildman–Crippen LogP) is 7.06. The molecule has 2 amide bonds. The molecule has 0 aliphatic carbocycles. The van der Waals surface area contributed by atoms with Crippen molar-refractivity contribution in [2.75, 3.05) is 36.9 Å². The zero-order valence-corrected chi connectivity index (χ0v) is 25.3. The van der Waals surface area contributed by atoms with Crippen molar-refractivity contribution in [3.8, 4) is 5.75 Å². The average molecular weight is 619 g/mol. The van der Waals surface area contributed by atoms with Crippen LogP contribution in [0.5, 0.6) is 5.75 Å². The molecule has 0 saturated heterocycles. The molecule has 228 valence electrons. The molecular formula is C32H41Cl2N3O5. The van der Waals surface area contributed by atoms with Crippen LogP contribution in [-0.4, -0.2) is 47.7 Å². The Labute approximate surface area is 258 Å². The predicted molar refractivity (Wildman–Crippen MR) is 170 cm³/mol. The first-order valence-electron chi connectivity index (χ1n) is 14.4. The van der Waals surface area contributed by atoms with Gasteiger partial charge >= 0.3 is 6.03 Å². The minimum Gasteiger partial charge on any atom is -0.508 e. The number of unbranched alkanes of at least 4 members (excludes halogenated alkanes) is 4. The van der Waals surface area contributed by atoms with Crippen LogP contribution in [0.25, 0.3) is 0 Å². The van der Waals surface area contributed by atoms with E-state index in [-0.39, 0.29) is 12.4 Å². The van der Waals surface area contributed by atoms with Crippen molar-refractivity contribution >= 4 is 40.6 Å². The lowest BCUT2D eigenvalue weighted by Gasteiger charge is -2.14. The first-order valence-corrected chi connectivity index (χ1v) is 15.1. The van der Waals surface area contributed by atoms with Crippen LogP contribution < -0.4 is 16.0 Å². The van der Waals surface area contributed by atoms with Crippen LogP contribution in [0, 0.1) is 0 Å². The van der Waals surface area contributed by atoms with E-state index in [1.165, 1.54) is 6.07 Å². The molecule has 0 radical (unpaired) electrons. The van der Waals surface area contributed by atoms with E-state index < -0.39 is 12.1 Å². The van der Waals surface area contributed by atoms with Crippen LogP contribution in [0.2, 0.25) is 10.0 Å². The molecule has 0 saturated carbocycles. The minimum absolute atomic E-state index is 0.0336. The van der Waals surface area contributed by atoms with Crippen molar-refractivity contribution < 1.29 is 24.9 Å². The molecule has 3 aromatic rings. The highest BCUT2D eigenvalue weighted by Gasteiger charge is 2.11. The van der Waals surface area contributed by atoms with Gasteiger partial charge in [-0.05, 0) is 86.2 Å². The highest BCUT2D eigenvalue weighted by molar-refractivity contribution is 6.39. The van der Waals surface area contributed by atoms with E-state index in [2.05, 4.69) is 16.0 Å². The molecule has 0 aliphatic rings. The maximum atomic E-state index is 12.4. The molecule has 0 heterocycles. The molecule has 0 unspecified atom stereocenters. The largest absolute Gasteiger partial charge is 0.508 e. The maximum absolute atomic E-state index is 12.4. The first-order chi connectivity index (χ1) is 20.4. The first kappa shape index (κ1) is 33.6. The normalized spacial score (nSPS) is 11.8. The number of aliphatic hydroxyl groups is 2. The van der Waals surface area contributed by atoms with Gasteiger partial charge in [-0.2, -0.15) is 0 Å². The second-order valence-corrected chi connectivity index (χ2v) is 10.9. The Hall–Kier alpha value is -2.85. The van der Waals surface area contributed by atoms with Crippen molar-refractivity contribution in [2.24, 2.45) is 0 Å². The summed E-state index contributed by atoms with van der Waals surface area (Å²) in [6.07, 6.45) is 6.41. The van der Waals surface area contributed by atoms with E-state index >= 15 is 0 Å². The smallest absolute Gasteiger partial charge is 0.323 e. The number of nitrogens with one attached hydrogen (secondary N) is 3. The molecule has 3 rings (SSSR count). The van der Waals surface area contributed by atoms with E-state index in [0.29, 0.717) is 39.1 Å². The van der Waals surface area contributed by atoms with Crippen LogP contribution >= 0.6 is 23.2 Å². The third kappa shape index (κ3) is 11.8. The van der Waals surface area contributed by atoms with Crippen molar-refractivity contribution in [3.05, 3.63) is 87.4 Å². The standard InChI is InChI=1S/C32H41Cl2N3O5/c33-27-12-8-13-28(34)31(27)37-32(41)36-26-11-7-10-23(19-26)9-3-6-18-42-17-5-2-1-4-16-35-21-30(40)24-14-15-29(39)25(20-24)22-38/h7-8,10-15,19-20,30,35,38-40H,1-6,9,16-18,21-22H2,(H2,36,37,41)/t30-/m0/s1. The number of carbonyl (C=O) groups excluding carboxylic acids is 1. The van der Waals surface area contributed by atoms with Gasteiger partial charge < -0.3 is 36.0 Å². The van der Waals surface area contributed by atoms with Crippen molar-refractivity contribution in [1.29, 1.82) is 0 Å². The molecule has 0 spiro atoms. The molecule has 3 aromatic carbocycles. The Balaban J connectivity index is 1.18. The third-order valence-corrected chi connectivity index (χ3v) is 7.41. The Kier molecular flexibility index (Phi) is 14.9. The fourth-order valence-corrected chi connectivity index (χ4v) is 4.93. The van der Waals surface area contributed by atoms with Crippen LogP contribution in [0.1, 0.15) is 61.3 Å². The van der Waals surface area contributed by atoms with Gasteiger partial charge in [0, 0.05) is 31.0 Å². The van der Waals surface area contributed by atoms with Gasteiger partial charge in [-0.1, -0.05) is 60.3 Å². The molecular weight excluding hydrogens is 577 g/mol. The molecule has 0 bridgehead atoms. The van der Waals surface area contributed by atoms with Crippen LogP contribution in [0.15, 0.2) is 60.7 Å². The summed E-state index contributed by atoms with van der Waals surface area (Å²) in [4.78, 5) is 12.4. The number of halogens is 2. The number of anilines is 2. The number of urea groups is 1. The van der Waals surface area contributed by atoms with Crippen LogP contribution in [0.3, 0.4) is 0 Å². The van der Waals surface area contributed by atoms with Crippen molar-refractivity contribution in [3.63, 3.8) is 0 Å². The monoisotopic (exact) mass is 617 g/mol. The summed E-state index contributed by atoms with van der Waals surface area (Å²) in [5.74, 6) is 0.0336. The zero-order chi connectivity index (χ0) is 30.2. The fourth-order valence-electron chi connectivity index (χ4n) is 4.44. The van der Waals surface area contributed by atoms with Crippen LogP contribution in [-0.2, 0) is 17.8 Å². The van der Waals surface area contributed by atoms with Gasteiger partial charge in [0.05, 0.1) is 28.4 Å². The minimum atomic E-state index is -0.684. The van der Waals surface area contributed by atoms with E-state index in [1.807, 2.05) is 24.3 Å². The highest BCUT2D eigenvalue weighted by atomic mass is 35.5. The summed E-state index contributed by atoms with van der Waals surface area (Å²) in [5.41, 5.74) is 3.31. The van der Waals surface area contributed by atoms with Gasteiger partial charge in [-0.3, -0.25) is 0 Å². The number of aryl methyl sites for hydroxylation is 1. The van der Waals surface area contributed by atoms with Crippen molar-refractivity contribution in [2.45, 2.75) is 57.7 Å². The SMILES string of the molecule is O=C(Nc1cccc(CCCCOCCCCCCNC[C@H](O)c2ccc(O)c(CO)c2)c1)Nc1c(Cl)cccc1Cl. The summed E-state index contributed by atoms with van der Waals surface area (Å²) < 4.78 is 5.79. The van der Waals surface area contributed by atoms with Gasteiger partial charge in [-0.15, -0.1) is 0 Å². The molecule has 0 aromatic heterocycles. The Morgan fingerprint density at radius 1 is 0.857 bits per heavy atom. The molecule has 10 heteroatoms. The van der Waals surface area contributed by atoms with Crippen molar-refractivity contribution in [1.82, 2.24) is 5.32 Å². The molecule has 0 aliphatic heterocycles. The van der Waals surface area contributed by atoms with Gasteiger partial charge in [0.25, 0.3) is 0 Å². The summed E-state index contributed by atoms with van der Waals surface area (Å²) >= 11 is 12.2. The number of amides is 2. The van der Waals surface area contributed by atoms with E-state index in [1.54, 1.807) is 30.3 Å². The number of hydrogen-bond acceptors (Lipinski definition) is 6. The molecule has 6 N–H and O–H groups in total. The van der Waals surface area contributed by atoms with E-state index in [9.17, 15) is 20.1 Å². The zero-order valence-electron chi connectivity index (χ0n) is 23.8. The summed E-state index contributed by atoms with van der Waals surface area (Å²) in [5, 5.41) is 38.7. The van der Waals surface area contributed by atoms with Gasteiger partial charge in [-0.25, -0.2) is 4.79 Å². The molecule has 1 atom stereocenters. The third-order valence-electron chi connectivity index (χ3n) is 6.78. The number of aromatic hydroxyl groups is 1. The average Bonchev–Trinajstić information content (AvgIpc) is 2.97. The quantitative estimate of drug-likeness (QED) is 0.0849. The number of para-hydroxylation sites is 1. The van der Waals surface area contributed by atoms with Crippen LogP contribution in [0.4, 0.5) is 16.2 Å². The number of benzene rings is 3. The number of rotatable bonds is 18. The lowest BCUT2D eigenvalue weighted by atomic mass is 10.1. The summed E-state index contributed by atoms with van der Waals surface area (Å²) in [7, 11) is 0. The second kappa shape index (κ2) is 18.6. The number of phenols is 1. The maximum Gasteiger partial charge on any atom is 0.323 e. The number of carbonyl (C=O) groups is 1. The summed E-state index contributed by atoms with van der Waals surface area (Å²) in [6, 6.07) is 17.2. The Bertz CT molecular complexity index is 1240.